The summed E-state index contributed by atoms with van der Waals surface area (Å²) in [4.78, 5) is 2.54. The average Bonchev–Trinajstić information content (AvgIpc) is 2.08. The molecule has 2 heteroatoms. The molecular weight excluding hydrogens is 174 g/mol. The molecule has 84 valence electrons. The van der Waals surface area contributed by atoms with E-state index >= 15 is 0 Å². The van der Waals surface area contributed by atoms with Gasteiger partial charge in [0.05, 0.1) is 0 Å². The molecule has 1 saturated heterocycles. The van der Waals surface area contributed by atoms with E-state index in [1.54, 1.807) is 0 Å². The van der Waals surface area contributed by atoms with Gasteiger partial charge in [0.1, 0.15) is 0 Å². The Morgan fingerprint density at radius 2 is 2.07 bits per heavy atom. The van der Waals surface area contributed by atoms with Gasteiger partial charge in [0.15, 0.2) is 0 Å². The normalized spacial score (nSPS) is 28.3. The molecule has 2 nitrogen and oxygen atoms in total. The van der Waals surface area contributed by atoms with Gasteiger partial charge in [-0.05, 0) is 38.5 Å². The molecule has 0 bridgehead atoms. The Morgan fingerprint density at radius 3 is 2.57 bits per heavy atom. The number of rotatable bonds is 3. The molecule has 1 rings (SSSR count). The minimum Gasteiger partial charge on any atom is -0.396 e. The molecule has 14 heavy (non-hydrogen) atoms. The van der Waals surface area contributed by atoms with Gasteiger partial charge in [0.2, 0.25) is 0 Å². The number of piperidine rings is 1. The summed E-state index contributed by atoms with van der Waals surface area (Å²) in [5.41, 5.74) is 0.329. The Labute approximate surface area is 88.3 Å². The molecule has 1 N–H and O–H groups in total. The highest BCUT2D eigenvalue weighted by Gasteiger charge is 2.33. The topological polar surface area (TPSA) is 23.5 Å². The smallest absolute Gasteiger partial charge is 0.0471 e. The van der Waals surface area contributed by atoms with Crippen LogP contribution >= 0.6 is 0 Å². The van der Waals surface area contributed by atoms with Gasteiger partial charge in [-0.3, -0.25) is 4.90 Å². The number of likely N-dealkylation sites (tertiary alicyclic amines) is 1. The van der Waals surface area contributed by atoms with Crippen LogP contribution in [0.4, 0.5) is 0 Å². The molecule has 1 fully saturated rings. The summed E-state index contributed by atoms with van der Waals surface area (Å²) in [5, 5.41) is 9.19. The number of hydrogen-bond acceptors (Lipinski definition) is 2. The third-order valence-electron chi connectivity index (χ3n) is 3.34. The molecule has 0 aliphatic carbocycles. The summed E-state index contributed by atoms with van der Waals surface area (Å²) in [6.45, 7) is 11.7. The number of aliphatic hydroxyl groups excluding tert-OH is 1. The second-order valence-electron chi connectivity index (χ2n) is 5.70. The van der Waals surface area contributed by atoms with Crippen LogP contribution in [-0.4, -0.2) is 35.2 Å². The summed E-state index contributed by atoms with van der Waals surface area (Å²) in [6.07, 6.45) is 2.39. The van der Waals surface area contributed by atoms with Gasteiger partial charge in [0.25, 0.3) is 0 Å². The second-order valence-corrected chi connectivity index (χ2v) is 5.70. The molecule has 0 aromatic heterocycles. The van der Waals surface area contributed by atoms with Crippen LogP contribution in [0.5, 0.6) is 0 Å². The van der Waals surface area contributed by atoms with Crippen LogP contribution in [0, 0.1) is 11.8 Å². The second kappa shape index (κ2) is 4.63. The van der Waals surface area contributed by atoms with Crippen LogP contribution in [0.25, 0.3) is 0 Å². The van der Waals surface area contributed by atoms with Gasteiger partial charge in [-0.25, -0.2) is 0 Å². The fraction of sp³-hybridized carbons (Fsp3) is 1.00. The van der Waals surface area contributed by atoms with Crippen molar-refractivity contribution in [2.24, 2.45) is 11.8 Å². The van der Waals surface area contributed by atoms with Crippen LogP contribution in [-0.2, 0) is 0 Å². The number of aliphatic hydroxyl groups is 1. The van der Waals surface area contributed by atoms with Crippen LogP contribution < -0.4 is 0 Å². The third-order valence-corrected chi connectivity index (χ3v) is 3.34. The van der Waals surface area contributed by atoms with Crippen molar-refractivity contribution >= 4 is 0 Å². The molecule has 1 atom stereocenters. The fourth-order valence-electron chi connectivity index (χ4n) is 2.28. The monoisotopic (exact) mass is 199 g/mol. The number of nitrogens with zero attached hydrogens (tertiary/aromatic N) is 1. The molecule has 0 amide bonds. The molecule has 0 aromatic carbocycles. The Balaban J connectivity index is 2.56. The lowest BCUT2D eigenvalue weighted by atomic mass is 9.84. The summed E-state index contributed by atoms with van der Waals surface area (Å²) in [5.74, 6) is 1.22. The zero-order valence-electron chi connectivity index (χ0n) is 10.1. The van der Waals surface area contributed by atoms with Crippen LogP contribution in [0.15, 0.2) is 0 Å². The van der Waals surface area contributed by atoms with E-state index in [1.165, 1.54) is 12.8 Å². The van der Waals surface area contributed by atoms with Crippen LogP contribution in [0.3, 0.4) is 0 Å². The quantitative estimate of drug-likeness (QED) is 0.752. The molecule has 0 spiro atoms. The van der Waals surface area contributed by atoms with E-state index in [4.69, 9.17) is 0 Å². The SMILES string of the molecule is CC(C)CN1CC(CO)CCC1(C)C. The molecule has 1 heterocycles. The van der Waals surface area contributed by atoms with E-state index in [0.717, 1.165) is 13.1 Å². The summed E-state index contributed by atoms with van der Waals surface area (Å²) in [6, 6.07) is 0. The lowest BCUT2D eigenvalue weighted by Gasteiger charge is -2.46. The van der Waals surface area contributed by atoms with Gasteiger partial charge < -0.3 is 5.11 Å². The van der Waals surface area contributed by atoms with E-state index in [-0.39, 0.29) is 0 Å². The van der Waals surface area contributed by atoms with E-state index in [1.807, 2.05) is 0 Å². The zero-order valence-corrected chi connectivity index (χ0v) is 10.1. The first kappa shape index (κ1) is 12.0. The Morgan fingerprint density at radius 1 is 1.43 bits per heavy atom. The Bertz CT molecular complexity index is 177. The predicted molar refractivity (Wildman–Crippen MR) is 60.3 cm³/mol. The summed E-state index contributed by atoms with van der Waals surface area (Å²) in [7, 11) is 0. The van der Waals surface area contributed by atoms with Crippen LogP contribution in [0.1, 0.15) is 40.5 Å². The van der Waals surface area contributed by atoms with E-state index in [2.05, 4.69) is 32.6 Å². The van der Waals surface area contributed by atoms with Gasteiger partial charge in [0, 0.05) is 25.2 Å². The third kappa shape index (κ3) is 2.96. The van der Waals surface area contributed by atoms with Crippen molar-refractivity contribution in [1.29, 1.82) is 0 Å². The average molecular weight is 199 g/mol. The van der Waals surface area contributed by atoms with Crippen LogP contribution in [0.2, 0.25) is 0 Å². The molecule has 0 radical (unpaired) electrons. The zero-order chi connectivity index (χ0) is 10.8. The highest BCUT2D eigenvalue weighted by molar-refractivity contribution is 4.88. The standard InChI is InChI=1S/C12H25NO/c1-10(2)7-13-8-11(9-14)5-6-12(13,3)4/h10-11,14H,5-9H2,1-4H3. The largest absolute Gasteiger partial charge is 0.396 e. The van der Waals surface area contributed by atoms with Crippen molar-refractivity contribution in [1.82, 2.24) is 4.90 Å². The number of hydrogen-bond donors (Lipinski definition) is 1. The highest BCUT2D eigenvalue weighted by Crippen LogP contribution is 2.30. The van der Waals surface area contributed by atoms with E-state index in [9.17, 15) is 5.11 Å². The summed E-state index contributed by atoms with van der Waals surface area (Å²) >= 11 is 0. The summed E-state index contributed by atoms with van der Waals surface area (Å²) < 4.78 is 0. The Hall–Kier alpha value is -0.0800. The lowest BCUT2D eigenvalue weighted by molar-refractivity contribution is 0.0179. The van der Waals surface area contributed by atoms with Gasteiger partial charge in [-0.1, -0.05) is 13.8 Å². The molecule has 1 aliphatic rings. The predicted octanol–water partition coefficient (Wildman–Crippen LogP) is 2.13. The molecular formula is C12H25NO. The molecule has 1 unspecified atom stereocenters. The van der Waals surface area contributed by atoms with Crippen molar-refractivity contribution in [2.75, 3.05) is 19.7 Å². The highest BCUT2D eigenvalue weighted by atomic mass is 16.3. The minimum atomic E-state index is 0.329. The minimum absolute atomic E-state index is 0.329. The first-order valence-corrected chi connectivity index (χ1v) is 5.81. The first-order chi connectivity index (χ1) is 6.45. The van der Waals surface area contributed by atoms with E-state index in [0.29, 0.717) is 24.0 Å². The lowest BCUT2D eigenvalue weighted by Crippen LogP contribution is -2.52. The van der Waals surface area contributed by atoms with Gasteiger partial charge in [-0.2, -0.15) is 0 Å². The molecule has 0 aromatic rings. The first-order valence-electron chi connectivity index (χ1n) is 5.81. The van der Waals surface area contributed by atoms with Crippen molar-refractivity contribution in [3.8, 4) is 0 Å². The van der Waals surface area contributed by atoms with Gasteiger partial charge >= 0.3 is 0 Å². The van der Waals surface area contributed by atoms with Crippen molar-refractivity contribution < 1.29 is 5.11 Å². The van der Waals surface area contributed by atoms with Crippen molar-refractivity contribution in [2.45, 2.75) is 46.1 Å². The molecule has 0 saturated carbocycles. The maximum absolute atomic E-state index is 9.19. The Kier molecular flexibility index (Phi) is 3.96. The molecule has 1 aliphatic heterocycles. The van der Waals surface area contributed by atoms with Crippen molar-refractivity contribution in [3.63, 3.8) is 0 Å². The fourth-order valence-corrected chi connectivity index (χ4v) is 2.28. The van der Waals surface area contributed by atoms with Gasteiger partial charge in [-0.15, -0.1) is 0 Å². The van der Waals surface area contributed by atoms with Crippen molar-refractivity contribution in [3.05, 3.63) is 0 Å². The van der Waals surface area contributed by atoms with E-state index < -0.39 is 0 Å². The maximum atomic E-state index is 9.19. The maximum Gasteiger partial charge on any atom is 0.0471 e.